The van der Waals surface area contributed by atoms with Crippen LogP contribution in [0.2, 0.25) is 0 Å². The van der Waals surface area contributed by atoms with Crippen LogP contribution in [0.4, 0.5) is 0 Å². The highest BCUT2D eigenvalue weighted by Gasteiger charge is 2.13. The van der Waals surface area contributed by atoms with Crippen molar-refractivity contribution in [3.8, 4) is 0 Å². The predicted octanol–water partition coefficient (Wildman–Crippen LogP) is 0.455. The molecule has 17 heavy (non-hydrogen) atoms. The lowest BCUT2D eigenvalue weighted by Crippen LogP contribution is -2.45. The quantitative estimate of drug-likeness (QED) is 0.803. The first-order valence-electron chi connectivity index (χ1n) is 6.49. The van der Waals surface area contributed by atoms with Gasteiger partial charge in [0.05, 0.1) is 0 Å². The molecule has 1 aromatic rings. The lowest BCUT2D eigenvalue weighted by Gasteiger charge is -2.32. The maximum atomic E-state index is 3.21. The van der Waals surface area contributed by atoms with Crippen LogP contribution in [0.25, 0.3) is 0 Å². The molecule has 0 atom stereocenters. The number of nitrogens with one attached hydrogen (secondary N) is 1. The SMILES string of the molecule is CNCc1cccn1CCN1CCN(C)CC1. The molecule has 1 N–H and O–H groups in total. The van der Waals surface area contributed by atoms with Crippen LogP contribution in [-0.4, -0.2) is 61.2 Å². The molecule has 0 unspecified atom stereocenters. The van der Waals surface area contributed by atoms with E-state index in [4.69, 9.17) is 0 Å². The summed E-state index contributed by atoms with van der Waals surface area (Å²) in [6.07, 6.45) is 2.18. The Morgan fingerprint density at radius 2 is 1.94 bits per heavy atom. The summed E-state index contributed by atoms with van der Waals surface area (Å²) in [4.78, 5) is 4.96. The van der Waals surface area contributed by atoms with Crippen LogP contribution in [-0.2, 0) is 13.1 Å². The van der Waals surface area contributed by atoms with Crippen molar-refractivity contribution in [1.29, 1.82) is 0 Å². The second-order valence-corrected chi connectivity index (χ2v) is 4.87. The van der Waals surface area contributed by atoms with Crippen LogP contribution in [0.15, 0.2) is 18.3 Å². The van der Waals surface area contributed by atoms with Crippen LogP contribution < -0.4 is 5.32 Å². The first kappa shape index (κ1) is 12.6. The van der Waals surface area contributed by atoms with Gasteiger partial charge < -0.3 is 14.8 Å². The molecule has 1 aromatic heterocycles. The maximum absolute atomic E-state index is 3.21. The Hall–Kier alpha value is -0.840. The minimum absolute atomic E-state index is 0.954. The smallest absolute Gasteiger partial charge is 0.0356 e. The molecule has 1 saturated heterocycles. The molecule has 0 aromatic carbocycles. The van der Waals surface area contributed by atoms with Gasteiger partial charge in [-0.15, -0.1) is 0 Å². The number of hydrogen-bond donors (Lipinski definition) is 1. The molecule has 4 heteroatoms. The monoisotopic (exact) mass is 236 g/mol. The highest BCUT2D eigenvalue weighted by atomic mass is 15.3. The van der Waals surface area contributed by atoms with E-state index in [1.807, 2.05) is 7.05 Å². The summed E-state index contributed by atoms with van der Waals surface area (Å²) < 4.78 is 2.36. The minimum Gasteiger partial charge on any atom is -0.349 e. The molecule has 0 radical (unpaired) electrons. The number of piperazine rings is 1. The van der Waals surface area contributed by atoms with Crippen molar-refractivity contribution >= 4 is 0 Å². The summed E-state index contributed by atoms with van der Waals surface area (Å²) in [6.45, 7) is 8.05. The van der Waals surface area contributed by atoms with E-state index >= 15 is 0 Å². The number of aromatic nitrogens is 1. The molecule has 0 spiro atoms. The van der Waals surface area contributed by atoms with E-state index in [0.29, 0.717) is 0 Å². The van der Waals surface area contributed by atoms with Gasteiger partial charge in [-0.3, -0.25) is 4.90 Å². The minimum atomic E-state index is 0.954. The van der Waals surface area contributed by atoms with E-state index in [-0.39, 0.29) is 0 Å². The highest BCUT2D eigenvalue weighted by molar-refractivity contribution is 5.06. The van der Waals surface area contributed by atoms with Gasteiger partial charge in [-0.25, -0.2) is 0 Å². The van der Waals surface area contributed by atoms with Crippen molar-refractivity contribution < 1.29 is 0 Å². The third-order valence-electron chi connectivity index (χ3n) is 3.53. The molecule has 0 saturated carbocycles. The maximum Gasteiger partial charge on any atom is 0.0356 e. The highest BCUT2D eigenvalue weighted by Crippen LogP contribution is 2.04. The summed E-state index contributed by atoms with van der Waals surface area (Å²) in [5, 5.41) is 3.21. The van der Waals surface area contributed by atoms with E-state index < -0.39 is 0 Å². The molecule has 4 nitrogen and oxygen atoms in total. The summed E-state index contributed by atoms with van der Waals surface area (Å²) in [7, 11) is 4.20. The van der Waals surface area contributed by atoms with Crippen molar-refractivity contribution in [2.75, 3.05) is 46.8 Å². The van der Waals surface area contributed by atoms with Crippen LogP contribution >= 0.6 is 0 Å². The Bertz CT molecular complexity index is 326. The standard InChI is InChI=1S/C13H24N4/c1-14-12-13-4-3-5-17(13)11-10-16-8-6-15(2)7-9-16/h3-5,14H,6-12H2,1-2H3. The summed E-state index contributed by atoms with van der Waals surface area (Å²) in [5.41, 5.74) is 1.38. The average Bonchev–Trinajstić information content (AvgIpc) is 2.77. The lowest BCUT2D eigenvalue weighted by atomic mass is 10.3. The number of nitrogens with zero attached hydrogens (tertiary/aromatic N) is 3. The van der Waals surface area contributed by atoms with Gasteiger partial charge in [0.2, 0.25) is 0 Å². The molecular weight excluding hydrogens is 212 g/mol. The van der Waals surface area contributed by atoms with E-state index in [1.165, 1.54) is 38.4 Å². The van der Waals surface area contributed by atoms with Crippen molar-refractivity contribution in [2.24, 2.45) is 0 Å². The van der Waals surface area contributed by atoms with Crippen LogP contribution in [0, 0.1) is 0 Å². The van der Waals surface area contributed by atoms with Crippen molar-refractivity contribution in [3.63, 3.8) is 0 Å². The zero-order valence-corrected chi connectivity index (χ0v) is 11.0. The van der Waals surface area contributed by atoms with Gasteiger partial charge in [0.1, 0.15) is 0 Å². The van der Waals surface area contributed by atoms with Crippen molar-refractivity contribution in [3.05, 3.63) is 24.0 Å². The van der Waals surface area contributed by atoms with Gasteiger partial charge in [-0.05, 0) is 26.2 Å². The zero-order chi connectivity index (χ0) is 12.1. The van der Waals surface area contributed by atoms with E-state index in [9.17, 15) is 0 Å². The lowest BCUT2D eigenvalue weighted by molar-refractivity contribution is 0.150. The molecule has 1 aliphatic heterocycles. The van der Waals surface area contributed by atoms with Gasteiger partial charge in [0.25, 0.3) is 0 Å². The second-order valence-electron chi connectivity index (χ2n) is 4.87. The topological polar surface area (TPSA) is 23.4 Å². The molecule has 1 aliphatic rings. The summed E-state index contributed by atoms with van der Waals surface area (Å²) in [6, 6.07) is 4.33. The fraction of sp³-hybridized carbons (Fsp3) is 0.692. The summed E-state index contributed by atoms with van der Waals surface area (Å²) >= 11 is 0. The van der Waals surface area contributed by atoms with Gasteiger partial charge in [-0.2, -0.15) is 0 Å². The molecule has 2 heterocycles. The van der Waals surface area contributed by atoms with Gasteiger partial charge in [0.15, 0.2) is 0 Å². The Kier molecular flexibility index (Phi) is 4.59. The van der Waals surface area contributed by atoms with Gasteiger partial charge in [-0.1, -0.05) is 0 Å². The van der Waals surface area contributed by atoms with Crippen molar-refractivity contribution in [1.82, 2.24) is 19.7 Å². The van der Waals surface area contributed by atoms with E-state index in [1.54, 1.807) is 0 Å². The molecular formula is C13H24N4. The molecule has 2 rings (SSSR count). The zero-order valence-electron chi connectivity index (χ0n) is 11.0. The fourth-order valence-corrected chi connectivity index (χ4v) is 2.33. The number of hydrogen-bond acceptors (Lipinski definition) is 3. The molecule has 0 amide bonds. The Labute approximate surface area is 104 Å². The number of rotatable bonds is 5. The third kappa shape index (κ3) is 3.56. The molecule has 1 fully saturated rings. The predicted molar refractivity (Wildman–Crippen MR) is 71.1 cm³/mol. The first-order valence-corrected chi connectivity index (χ1v) is 6.49. The van der Waals surface area contributed by atoms with E-state index in [2.05, 4.69) is 45.1 Å². The molecule has 96 valence electrons. The Morgan fingerprint density at radius 1 is 1.18 bits per heavy atom. The largest absolute Gasteiger partial charge is 0.349 e. The van der Waals surface area contributed by atoms with Crippen LogP contribution in [0.3, 0.4) is 0 Å². The van der Waals surface area contributed by atoms with Crippen LogP contribution in [0.5, 0.6) is 0 Å². The third-order valence-corrected chi connectivity index (χ3v) is 3.53. The van der Waals surface area contributed by atoms with Crippen LogP contribution in [0.1, 0.15) is 5.69 Å². The summed E-state index contributed by atoms with van der Waals surface area (Å²) in [5.74, 6) is 0. The fourth-order valence-electron chi connectivity index (χ4n) is 2.33. The Morgan fingerprint density at radius 3 is 2.65 bits per heavy atom. The molecule has 0 bridgehead atoms. The van der Waals surface area contributed by atoms with Gasteiger partial charge in [0, 0.05) is 57.7 Å². The normalized spacial score (nSPS) is 18.7. The Balaban J connectivity index is 1.79. The average molecular weight is 236 g/mol. The first-order chi connectivity index (χ1) is 8.29. The van der Waals surface area contributed by atoms with Crippen molar-refractivity contribution in [2.45, 2.75) is 13.1 Å². The van der Waals surface area contributed by atoms with E-state index in [0.717, 1.165) is 13.1 Å². The second kappa shape index (κ2) is 6.19. The number of likely N-dealkylation sites (N-methyl/N-ethyl adjacent to an activating group) is 1. The van der Waals surface area contributed by atoms with Gasteiger partial charge >= 0.3 is 0 Å². The molecule has 0 aliphatic carbocycles.